The summed E-state index contributed by atoms with van der Waals surface area (Å²) in [6.45, 7) is 8.17. The first-order chi connectivity index (χ1) is 9.49. The Morgan fingerprint density at radius 2 is 2.20 bits per heavy atom. The lowest BCUT2D eigenvalue weighted by Crippen LogP contribution is -2.38. The molecule has 0 bridgehead atoms. The number of anilines is 2. The van der Waals surface area contributed by atoms with Gasteiger partial charge in [-0.25, -0.2) is 0 Å². The van der Waals surface area contributed by atoms with Crippen molar-refractivity contribution in [2.24, 2.45) is 11.8 Å². The Morgan fingerprint density at radius 1 is 1.50 bits per heavy atom. The number of hydrogen-bond donors (Lipinski definition) is 1. The van der Waals surface area contributed by atoms with Gasteiger partial charge in [-0.15, -0.1) is 11.3 Å². The van der Waals surface area contributed by atoms with E-state index in [9.17, 15) is 10.1 Å². The van der Waals surface area contributed by atoms with E-state index in [1.807, 2.05) is 6.92 Å². The molecule has 1 saturated heterocycles. The van der Waals surface area contributed by atoms with Gasteiger partial charge in [-0.05, 0) is 18.3 Å². The second-order valence-corrected chi connectivity index (χ2v) is 6.60. The van der Waals surface area contributed by atoms with Crippen LogP contribution < -0.4 is 10.6 Å². The van der Waals surface area contributed by atoms with Crippen LogP contribution in [0.25, 0.3) is 0 Å². The predicted molar refractivity (Wildman–Crippen MR) is 83.2 cm³/mol. The van der Waals surface area contributed by atoms with Crippen LogP contribution >= 0.6 is 11.3 Å². The van der Waals surface area contributed by atoms with E-state index in [4.69, 9.17) is 5.73 Å². The number of hydrogen-bond acceptors (Lipinski definition) is 5. The number of nitrogens with zero attached hydrogens (tertiary/aromatic N) is 2. The average Bonchev–Trinajstić information content (AvgIpc) is 2.78. The molecule has 20 heavy (non-hydrogen) atoms. The van der Waals surface area contributed by atoms with Gasteiger partial charge in [0, 0.05) is 19.5 Å². The van der Waals surface area contributed by atoms with Crippen LogP contribution in [0.15, 0.2) is 0 Å². The van der Waals surface area contributed by atoms with Crippen LogP contribution in [0.1, 0.15) is 48.8 Å². The highest BCUT2D eigenvalue weighted by atomic mass is 32.1. The Morgan fingerprint density at radius 3 is 2.75 bits per heavy atom. The highest BCUT2D eigenvalue weighted by Crippen LogP contribution is 2.40. The molecular formula is C15H21N3OS. The van der Waals surface area contributed by atoms with E-state index in [1.54, 1.807) is 0 Å². The third-order valence-corrected chi connectivity index (χ3v) is 5.54. The third kappa shape index (κ3) is 2.53. The number of nitrogen functional groups attached to an aromatic ring is 1. The van der Waals surface area contributed by atoms with Gasteiger partial charge in [0.1, 0.15) is 16.6 Å². The fourth-order valence-corrected chi connectivity index (χ4v) is 3.79. The number of rotatable bonds is 3. The van der Waals surface area contributed by atoms with Gasteiger partial charge < -0.3 is 10.6 Å². The number of thiophene rings is 1. The SMILES string of the molecule is CCC(=O)c1sc(N2CCC(C)C(C)C2)c(C#N)c1N. The molecule has 108 valence electrons. The Labute approximate surface area is 124 Å². The topological polar surface area (TPSA) is 70.1 Å². The second kappa shape index (κ2) is 5.84. The molecular weight excluding hydrogens is 270 g/mol. The number of ketones is 1. The third-order valence-electron chi connectivity index (χ3n) is 4.23. The van der Waals surface area contributed by atoms with Crippen LogP contribution in [0.4, 0.5) is 10.7 Å². The number of Topliss-reactive ketones (excluding diaryl/α,β-unsaturated/α-hetero) is 1. The quantitative estimate of drug-likeness (QED) is 0.868. The molecule has 5 heteroatoms. The van der Waals surface area contributed by atoms with E-state index >= 15 is 0 Å². The van der Waals surface area contributed by atoms with E-state index < -0.39 is 0 Å². The van der Waals surface area contributed by atoms with E-state index in [0.29, 0.717) is 34.4 Å². The van der Waals surface area contributed by atoms with Crippen LogP contribution in [-0.2, 0) is 0 Å². The Hall–Kier alpha value is -1.54. The van der Waals surface area contributed by atoms with Crippen molar-refractivity contribution in [2.45, 2.75) is 33.6 Å². The van der Waals surface area contributed by atoms with Crippen LogP contribution in [0.2, 0.25) is 0 Å². The lowest BCUT2D eigenvalue weighted by molar-refractivity contribution is 0.0993. The molecule has 2 N–H and O–H groups in total. The van der Waals surface area contributed by atoms with Crippen molar-refractivity contribution in [3.8, 4) is 6.07 Å². The molecule has 2 unspecified atom stereocenters. The normalized spacial score (nSPS) is 22.6. The minimum atomic E-state index is 0.0219. The smallest absolute Gasteiger partial charge is 0.174 e. The first-order valence-corrected chi connectivity index (χ1v) is 7.91. The van der Waals surface area contributed by atoms with Crippen LogP contribution in [0.5, 0.6) is 0 Å². The zero-order valence-corrected chi connectivity index (χ0v) is 13.1. The molecule has 0 spiro atoms. The van der Waals surface area contributed by atoms with Gasteiger partial charge in [0.05, 0.1) is 10.6 Å². The van der Waals surface area contributed by atoms with E-state index in [0.717, 1.165) is 24.5 Å². The molecule has 1 aromatic heterocycles. The van der Waals surface area contributed by atoms with Crippen molar-refractivity contribution in [1.29, 1.82) is 5.26 Å². The molecule has 0 saturated carbocycles. The summed E-state index contributed by atoms with van der Waals surface area (Å²) in [7, 11) is 0. The van der Waals surface area contributed by atoms with Crippen LogP contribution in [0, 0.1) is 23.2 Å². The molecule has 1 aromatic rings. The molecule has 0 aromatic carbocycles. The van der Waals surface area contributed by atoms with Gasteiger partial charge in [-0.3, -0.25) is 4.79 Å². The van der Waals surface area contributed by atoms with Crippen molar-refractivity contribution < 1.29 is 4.79 Å². The first-order valence-electron chi connectivity index (χ1n) is 7.10. The molecule has 2 atom stereocenters. The zero-order valence-electron chi connectivity index (χ0n) is 12.3. The fourth-order valence-electron chi connectivity index (χ4n) is 2.58. The largest absolute Gasteiger partial charge is 0.396 e. The lowest BCUT2D eigenvalue weighted by atomic mass is 9.89. The molecule has 2 rings (SSSR count). The van der Waals surface area contributed by atoms with E-state index in [2.05, 4.69) is 24.8 Å². The van der Waals surface area contributed by atoms with E-state index in [-0.39, 0.29) is 5.78 Å². The van der Waals surface area contributed by atoms with Crippen LogP contribution in [-0.4, -0.2) is 18.9 Å². The number of piperidine rings is 1. The maximum Gasteiger partial charge on any atom is 0.174 e. The highest BCUT2D eigenvalue weighted by molar-refractivity contribution is 7.19. The Bertz CT molecular complexity index is 558. The minimum Gasteiger partial charge on any atom is -0.396 e. The molecule has 1 aliphatic heterocycles. The Balaban J connectivity index is 2.37. The summed E-state index contributed by atoms with van der Waals surface area (Å²) < 4.78 is 0. The molecule has 4 nitrogen and oxygen atoms in total. The maximum absolute atomic E-state index is 11.9. The van der Waals surface area contributed by atoms with Gasteiger partial charge in [0.2, 0.25) is 0 Å². The van der Waals surface area contributed by atoms with Gasteiger partial charge in [-0.1, -0.05) is 20.8 Å². The molecule has 0 amide bonds. The van der Waals surface area contributed by atoms with Gasteiger partial charge in [0.15, 0.2) is 5.78 Å². The van der Waals surface area contributed by atoms with Crippen molar-refractivity contribution in [1.82, 2.24) is 0 Å². The molecule has 1 aliphatic rings. The first kappa shape index (κ1) is 14.9. The summed E-state index contributed by atoms with van der Waals surface area (Å²) in [5.74, 6) is 1.31. The lowest BCUT2D eigenvalue weighted by Gasteiger charge is -2.36. The molecule has 0 aliphatic carbocycles. The van der Waals surface area contributed by atoms with E-state index in [1.165, 1.54) is 11.3 Å². The van der Waals surface area contributed by atoms with Gasteiger partial charge in [-0.2, -0.15) is 5.26 Å². The van der Waals surface area contributed by atoms with Crippen molar-refractivity contribution in [3.63, 3.8) is 0 Å². The summed E-state index contributed by atoms with van der Waals surface area (Å²) >= 11 is 1.38. The fraction of sp³-hybridized carbons (Fsp3) is 0.600. The number of nitriles is 1. The van der Waals surface area contributed by atoms with Crippen LogP contribution in [0.3, 0.4) is 0 Å². The van der Waals surface area contributed by atoms with Crippen molar-refractivity contribution in [3.05, 3.63) is 10.4 Å². The minimum absolute atomic E-state index is 0.0219. The zero-order chi connectivity index (χ0) is 14.9. The summed E-state index contributed by atoms with van der Waals surface area (Å²) in [4.78, 5) is 14.7. The number of carbonyl (C=O) groups is 1. The number of carbonyl (C=O) groups excluding carboxylic acids is 1. The van der Waals surface area contributed by atoms with Gasteiger partial charge >= 0.3 is 0 Å². The molecule has 0 radical (unpaired) electrons. The summed E-state index contributed by atoms with van der Waals surface area (Å²) in [5, 5.41) is 10.2. The number of nitrogens with two attached hydrogens (primary N) is 1. The summed E-state index contributed by atoms with van der Waals surface area (Å²) in [5.41, 5.74) is 6.85. The average molecular weight is 291 g/mol. The van der Waals surface area contributed by atoms with Crippen molar-refractivity contribution in [2.75, 3.05) is 23.7 Å². The van der Waals surface area contributed by atoms with Gasteiger partial charge in [0.25, 0.3) is 0 Å². The Kier molecular flexibility index (Phi) is 4.34. The summed E-state index contributed by atoms with van der Waals surface area (Å²) in [6.07, 6.45) is 1.53. The monoisotopic (exact) mass is 291 g/mol. The maximum atomic E-state index is 11.9. The molecule has 1 fully saturated rings. The standard InChI is InChI=1S/C15H21N3OS/c1-4-12(19)14-13(17)11(7-16)15(20-14)18-6-5-9(2)10(3)8-18/h9-10H,4-6,8,17H2,1-3H3. The second-order valence-electron chi connectivity index (χ2n) is 5.60. The summed E-state index contributed by atoms with van der Waals surface area (Å²) in [6, 6.07) is 2.18. The molecule has 2 heterocycles. The highest BCUT2D eigenvalue weighted by Gasteiger charge is 2.28. The van der Waals surface area contributed by atoms with Crippen molar-refractivity contribution >= 4 is 27.8 Å². The predicted octanol–water partition coefficient (Wildman–Crippen LogP) is 3.28.